The maximum Gasteiger partial charge on any atom is 0.276 e. The number of amides is 1. The lowest BCUT2D eigenvalue weighted by atomic mass is 10.2. The van der Waals surface area contributed by atoms with Gasteiger partial charge in [-0.2, -0.15) is 0 Å². The van der Waals surface area contributed by atoms with Crippen LogP contribution in [0.3, 0.4) is 0 Å². The van der Waals surface area contributed by atoms with Crippen LogP contribution in [0.25, 0.3) is 5.82 Å². The number of benzene rings is 2. The average Bonchev–Trinajstić information content (AvgIpc) is 3.42. The van der Waals surface area contributed by atoms with Crippen molar-refractivity contribution in [1.82, 2.24) is 24.9 Å². The van der Waals surface area contributed by atoms with Crippen molar-refractivity contribution in [1.29, 1.82) is 0 Å². The topological polar surface area (TPSA) is 74.0 Å². The zero-order valence-corrected chi connectivity index (χ0v) is 17.1. The van der Waals surface area contributed by atoms with Crippen LogP contribution in [0.1, 0.15) is 21.6 Å². The minimum absolute atomic E-state index is 0.239. The number of carbonyl (C=O) groups is 1. The number of para-hydroxylation sites is 1. The Morgan fingerprint density at radius 3 is 2.67 bits per heavy atom. The Bertz CT molecular complexity index is 1150. The highest BCUT2D eigenvalue weighted by Gasteiger charge is 2.21. The fourth-order valence-corrected chi connectivity index (χ4v) is 3.42. The summed E-state index contributed by atoms with van der Waals surface area (Å²) in [7, 11) is 1.60. The number of ether oxygens (including phenoxy) is 1. The number of nitrogens with one attached hydrogen (secondary N) is 1. The Labute approximate surface area is 178 Å². The third-order valence-electron chi connectivity index (χ3n) is 4.63. The van der Waals surface area contributed by atoms with Crippen LogP contribution in [0, 0.1) is 0 Å². The smallest absolute Gasteiger partial charge is 0.276 e. The van der Waals surface area contributed by atoms with Gasteiger partial charge in [0.25, 0.3) is 5.91 Å². The second-order valence-electron chi connectivity index (χ2n) is 6.63. The molecule has 0 aliphatic rings. The summed E-state index contributed by atoms with van der Waals surface area (Å²) >= 11 is 6.11. The second kappa shape index (κ2) is 8.84. The Hall–Kier alpha value is -3.58. The molecule has 7 nitrogen and oxygen atoms in total. The van der Waals surface area contributed by atoms with Crippen molar-refractivity contribution in [3.8, 4) is 11.6 Å². The molecule has 0 spiro atoms. The lowest BCUT2D eigenvalue weighted by Gasteiger charge is -2.11. The molecule has 0 bridgehead atoms. The molecule has 30 heavy (non-hydrogen) atoms. The molecular weight excluding hydrogens is 402 g/mol. The molecule has 2 heterocycles. The van der Waals surface area contributed by atoms with Crippen molar-refractivity contribution < 1.29 is 9.53 Å². The number of aromatic nitrogens is 4. The summed E-state index contributed by atoms with van der Waals surface area (Å²) in [6.07, 6.45) is 3.70. The Kier molecular flexibility index (Phi) is 5.81. The lowest BCUT2D eigenvalue weighted by molar-refractivity contribution is 0.0945. The highest BCUT2D eigenvalue weighted by atomic mass is 35.5. The van der Waals surface area contributed by atoms with E-state index in [2.05, 4.69) is 15.6 Å². The molecule has 2 aromatic heterocycles. The normalized spacial score (nSPS) is 10.7. The van der Waals surface area contributed by atoms with E-state index >= 15 is 0 Å². The summed E-state index contributed by atoms with van der Waals surface area (Å²) in [5.74, 6) is 0.979. The Balaban J connectivity index is 1.61. The van der Waals surface area contributed by atoms with Gasteiger partial charge in [0.2, 0.25) is 0 Å². The van der Waals surface area contributed by atoms with E-state index in [9.17, 15) is 4.79 Å². The first kappa shape index (κ1) is 19.7. The second-order valence-corrected chi connectivity index (χ2v) is 7.07. The van der Waals surface area contributed by atoms with E-state index in [1.807, 2.05) is 77.6 Å². The highest BCUT2D eigenvalue weighted by Crippen LogP contribution is 2.19. The molecule has 0 aliphatic carbocycles. The van der Waals surface area contributed by atoms with E-state index in [4.69, 9.17) is 16.3 Å². The van der Waals surface area contributed by atoms with Crippen molar-refractivity contribution in [3.05, 3.63) is 94.9 Å². The van der Waals surface area contributed by atoms with Crippen molar-refractivity contribution in [2.45, 2.75) is 13.1 Å². The largest absolute Gasteiger partial charge is 0.496 e. The van der Waals surface area contributed by atoms with Gasteiger partial charge >= 0.3 is 0 Å². The molecule has 0 radical (unpaired) electrons. The molecule has 0 saturated heterocycles. The fraction of sp³-hybridized carbons (Fsp3) is 0.136. The van der Waals surface area contributed by atoms with Crippen molar-refractivity contribution in [2.24, 2.45) is 0 Å². The van der Waals surface area contributed by atoms with Crippen molar-refractivity contribution >= 4 is 17.5 Å². The third-order valence-corrected chi connectivity index (χ3v) is 4.86. The summed E-state index contributed by atoms with van der Waals surface area (Å²) in [5, 5.41) is 11.9. The number of hydrogen-bond acceptors (Lipinski definition) is 4. The maximum atomic E-state index is 13.0. The molecule has 4 rings (SSSR count). The van der Waals surface area contributed by atoms with Crippen LogP contribution in [-0.4, -0.2) is 32.6 Å². The molecule has 0 atom stereocenters. The Morgan fingerprint density at radius 2 is 1.90 bits per heavy atom. The van der Waals surface area contributed by atoms with E-state index in [0.717, 1.165) is 11.1 Å². The van der Waals surface area contributed by atoms with Crippen LogP contribution in [0.2, 0.25) is 5.02 Å². The van der Waals surface area contributed by atoms with Crippen LogP contribution >= 0.6 is 11.6 Å². The minimum atomic E-state index is -0.318. The monoisotopic (exact) mass is 421 g/mol. The molecule has 0 fully saturated rings. The van der Waals surface area contributed by atoms with Crippen molar-refractivity contribution in [2.75, 3.05) is 7.11 Å². The van der Waals surface area contributed by atoms with E-state index in [1.54, 1.807) is 11.8 Å². The van der Waals surface area contributed by atoms with Gasteiger partial charge in [-0.3, -0.25) is 4.79 Å². The number of carbonyl (C=O) groups excluding carboxylic acids is 1. The van der Waals surface area contributed by atoms with Crippen LogP contribution in [-0.2, 0) is 13.1 Å². The molecule has 0 unspecified atom stereocenters. The van der Waals surface area contributed by atoms with E-state index < -0.39 is 0 Å². The van der Waals surface area contributed by atoms with Gasteiger partial charge in [-0.25, -0.2) is 4.68 Å². The van der Waals surface area contributed by atoms with Gasteiger partial charge in [0.15, 0.2) is 11.5 Å². The number of nitrogens with zero attached hydrogens (tertiary/aromatic N) is 4. The molecule has 8 heteroatoms. The number of rotatable bonds is 7. The van der Waals surface area contributed by atoms with Gasteiger partial charge in [-0.15, -0.1) is 5.10 Å². The Morgan fingerprint density at radius 1 is 1.10 bits per heavy atom. The lowest BCUT2D eigenvalue weighted by Crippen LogP contribution is -2.25. The minimum Gasteiger partial charge on any atom is -0.496 e. The summed E-state index contributed by atoms with van der Waals surface area (Å²) in [5.41, 5.74) is 2.08. The van der Waals surface area contributed by atoms with E-state index in [0.29, 0.717) is 29.7 Å². The number of halogens is 1. The molecule has 2 aromatic carbocycles. The SMILES string of the molecule is COc1ccccc1CNC(=O)c1nnn(Cc2cccc(Cl)c2)c1-n1cccc1. The van der Waals surface area contributed by atoms with Gasteiger partial charge in [-0.1, -0.05) is 47.1 Å². The summed E-state index contributed by atoms with van der Waals surface area (Å²) < 4.78 is 8.85. The maximum absolute atomic E-state index is 13.0. The third kappa shape index (κ3) is 4.21. The molecule has 1 N–H and O–H groups in total. The van der Waals surface area contributed by atoms with Crippen molar-refractivity contribution in [3.63, 3.8) is 0 Å². The highest BCUT2D eigenvalue weighted by molar-refractivity contribution is 6.30. The predicted octanol–water partition coefficient (Wildman–Crippen LogP) is 3.71. The molecule has 4 aromatic rings. The molecule has 152 valence electrons. The molecule has 1 amide bonds. The summed E-state index contributed by atoms with van der Waals surface area (Å²) in [6.45, 7) is 0.746. The zero-order valence-electron chi connectivity index (χ0n) is 16.3. The molecule has 0 saturated carbocycles. The molecule has 0 aliphatic heterocycles. The quantitative estimate of drug-likeness (QED) is 0.493. The van der Waals surface area contributed by atoms with E-state index in [-0.39, 0.29) is 11.6 Å². The molecular formula is C22H20ClN5O2. The van der Waals surface area contributed by atoms with Crippen LogP contribution < -0.4 is 10.1 Å². The summed E-state index contributed by atoms with van der Waals surface area (Å²) in [6, 6.07) is 18.8. The van der Waals surface area contributed by atoms with Gasteiger partial charge in [0.1, 0.15) is 5.75 Å². The van der Waals surface area contributed by atoms with Crippen LogP contribution in [0.15, 0.2) is 73.1 Å². The first-order chi connectivity index (χ1) is 14.7. The predicted molar refractivity (Wildman–Crippen MR) is 114 cm³/mol. The number of methoxy groups -OCH3 is 1. The van der Waals surface area contributed by atoms with Gasteiger partial charge in [-0.05, 0) is 35.9 Å². The summed E-state index contributed by atoms with van der Waals surface area (Å²) in [4.78, 5) is 13.0. The zero-order chi connectivity index (χ0) is 20.9. The van der Waals surface area contributed by atoms with E-state index in [1.165, 1.54) is 0 Å². The number of hydrogen-bond donors (Lipinski definition) is 1. The first-order valence-corrected chi connectivity index (χ1v) is 9.75. The fourth-order valence-electron chi connectivity index (χ4n) is 3.21. The first-order valence-electron chi connectivity index (χ1n) is 9.37. The van der Waals surface area contributed by atoms with Gasteiger partial charge in [0.05, 0.1) is 13.7 Å². The van der Waals surface area contributed by atoms with Gasteiger partial charge < -0.3 is 14.6 Å². The van der Waals surface area contributed by atoms with Crippen LogP contribution in [0.4, 0.5) is 0 Å². The standard InChI is InChI=1S/C22H20ClN5O2/c1-30-19-10-3-2-8-17(19)14-24-21(29)20-22(27-11-4-5-12-27)28(26-25-20)15-16-7-6-9-18(23)13-16/h2-13H,14-15H2,1H3,(H,24,29). The van der Waals surface area contributed by atoms with Gasteiger partial charge in [0, 0.05) is 29.5 Å². The average molecular weight is 422 g/mol. The van der Waals surface area contributed by atoms with Crippen LogP contribution in [0.5, 0.6) is 5.75 Å².